The number of hydrogen-bond donors (Lipinski definition) is 4. The highest BCUT2D eigenvalue weighted by molar-refractivity contribution is 5.74. The minimum atomic E-state index is -1.04. The maximum atomic E-state index is 12.1. The van der Waals surface area contributed by atoms with Crippen molar-refractivity contribution in [3.63, 3.8) is 0 Å². The van der Waals surface area contributed by atoms with E-state index in [0.29, 0.717) is 45.1 Å². The minimum Gasteiger partial charge on any atom is -0.492 e. The molecule has 1 saturated heterocycles. The normalized spacial score (nSPS) is 15.7. The van der Waals surface area contributed by atoms with E-state index in [1.807, 2.05) is 0 Å². The fourth-order valence-corrected chi connectivity index (χ4v) is 2.80. The van der Waals surface area contributed by atoms with Crippen LogP contribution in [0.5, 0.6) is 5.75 Å². The van der Waals surface area contributed by atoms with Gasteiger partial charge in [0.2, 0.25) is 0 Å². The van der Waals surface area contributed by atoms with Crippen molar-refractivity contribution in [1.82, 2.24) is 15.1 Å². The highest BCUT2D eigenvalue weighted by Crippen LogP contribution is 2.13. The Morgan fingerprint density at radius 1 is 1.11 bits per heavy atom. The number of aliphatic carboxylic acids is 2. The van der Waals surface area contributed by atoms with Gasteiger partial charge in [0.05, 0.1) is 13.1 Å². The van der Waals surface area contributed by atoms with Crippen LogP contribution < -0.4 is 15.8 Å². The molecule has 28 heavy (non-hydrogen) atoms. The molecule has 1 aliphatic heterocycles. The monoisotopic (exact) mass is 394 g/mol. The van der Waals surface area contributed by atoms with Crippen molar-refractivity contribution in [3.05, 3.63) is 29.8 Å². The zero-order valence-electron chi connectivity index (χ0n) is 15.5. The number of nitrogens with two attached hydrogens (primary N) is 1. The van der Waals surface area contributed by atoms with Gasteiger partial charge in [0.1, 0.15) is 18.4 Å². The minimum absolute atomic E-state index is 0.00959. The molecular formula is C18H26N4O6. The molecule has 1 heterocycles. The third kappa shape index (κ3) is 7.05. The molecule has 1 aliphatic rings. The van der Waals surface area contributed by atoms with Gasteiger partial charge in [-0.15, -0.1) is 0 Å². The van der Waals surface area contributed by atoms with E-state index in [0.717, 1.165) is 5.56 Å². The molecular weight excluding hydrogens is 368 g/mol. The van der Waals surface area contributed by atoms with Gasteiger partial charge in [0.15, 0.2) is 0 Å². The number of piperazine rings is 1. The van der Waals surface area contributed by atoms with E-state index in [9.17, 15) is 14.4 Å². The molecule has 10 heteroatoms. The van der Waals surface area contributed by atoms with Gasteiger partial charge < -0.3 is 30.9 Å². The van der Waals surface area contributed by atoms with E-state index in [2.05, 4.69) is 5.32 Å². The largest absolute Gasteiger partial charge is 0.492 e. The van der Waals surface area contributed by atoms with Crippen LogP contribution in [0.2, 0.25) is 0 Å². The van der Waals surface area contributed by atoms with E-state index < -0.39 is 18.0 Å². The second-order valence-corrected chi connectivity index (χ2v) is 6.53. The second-order valence-electron chi connectivity index (χ2n) is 6.53. The van der Waals surface area contributed by atoms with Crippen molar-refractivity contribution in [2.24, 2.45) is 5.73 Å². The Balaban J connectivity index is 1.64. The molecule has 1 aromatic carbocycles. The van der Waals surface area contributed by atoms with Gasteiger partial charge in [0.25, 0.3) is 0 Å². The van der Waals surface area contributed by atoms with Crippen molar-refractivity contribution < 1.29 is 29.3 Å². The average Bonchev–Trinajstić information content (AvgIpc) is 2.66. The second kappa shape index (κ2) is 10.5. The molecule has 1 fully saturated rings. The lowest BCUT2D eigenvalue weighted by molar-refractivity contribution is -0.139. The van der Waals surface area contributed by atoms with Gasteiger partial charge in [-0.25, -0.2) is 4.79 Å². The molecule has 0 spiro atoms. The van der Waals surface area contributed by atoms with Gasteiger partial charge in [-0.1, -0.05) is 12.1 Å². The standard InChI is InChI=1S/C18H26N4O6/c19-15(17(25)26)11-13-1-3-14(4-2-13)28-10-5-20-18(27)22-8-6-21(7-9-22)12-16(23)24/h1-4,15H,5-12,19H2,(H,20,27)(H,23,24)(H,25,26). The summed E-state index contributed by atoms with van der Waals surface area (Å²) in [6.07, 6.45) is 0.241. The predicted molar refractivity (Wildman–Crippen MR) is 100 cm³/mol. The third-order valence-electron chi connectivity index (χ3n) is 4.36. The van der Waals surface area contributed by atoms with Crippen molar-refractivity contribution in [3.8, 4) is 5.75 Å². The fraction of sp³-hybridized carbons (Fsp3) is 0.500. The van der Waals surface area contributed by atoms with Gasteiger partial charge in [-0.2, -0.15) is 0 Å². The molecule has 0 radical (unpaired) electrons. The Hall–Kier alpha value is -2.85. The molecule has 0 bridgehead atoms. The molecule has 0 saturated carbocycles. The lowest BCUT2D eigenvalue weighted by Crippen LogP contribution is -2.53. The first-order chi connectivity index (χ1) is 13.3. The number of carbonyl (C=O) groups is 3. The summed E-state index contributed by atoms with van der Waals surface area (Å²) in [5.74, 6) is -1.30. The Morgan fingerprint density at radius 2 is 1.75 bits per heavy atom. The summed E-state index contributed by atoms with van der Waals surface area (Å²) in [5, 5.41) is 20.4. The topological polar surface area (TPSA) is 145 Å². The third-order valence-corrected chi connectivity index (χ3v) is 4.36. The summed E-state index contributed by atoms with van der Waals surface area (Å²) in [6, 6.07) is 5.84. The Kier molecular flexibility index (Phi) is 8.02. The fourth-order valence-electron chi connectivity index (χ4n) is 2.80. The molecule has 10 nitrogen and oxygen atoms in total. The molecule has 1 unspecified atom stereocenters. The highest BCUT2D eigenvalue weighted by atomic mass is 16.5. The van der Waals surface area contributed by atoms with Crippen LogP contribution in [0.1, 0.15) is 5.56 Å². The first-order valence-electron chi connectivity index (χ1n) is 9.02. The van der Waals surface area contributed by atoms with Gasteiger partial charge in [0, 0.05) is 26.2 Å². The van der Waals surface area contributed by atoms with E-state index in [-0.39, 0.29) is 19.0 Å². The molecule has 2 amide bonds. The van der Waals surface area contributed by atoms with Crippen molar-refractivity contribution in [2.45, 2.75) is 12.5 Å². The summed E-state index contributed by atoms with van der Waals surface area (Å²) in [4.78, 5) is 37.0. The van der Waals surface area contributed by atoms with Crippen LogP contribution >= 0.6 is 0 Å². The number of benzene rings is 1. The van der Waals surface area contributed by atoms with Crippen molar-refractivity contribution in [2.75, 3.05) is 45.9 Å². The van der Waals surface area contributed by atoms with Crippen molar-refractivity contribution in [1.29, 1.82) is 0 Å². The molecule has 1 atom stereocenters. The number of ether oxygens (including phenoxy) is 1. The Morgan fingerprint density at radius 3 is 2.32 bits per heavy atom. The number of nitrogens with zero attached hydrogens (tertiary/aromatic N) is 2. The van der Waals surface area contributed by atoms with Gasteiger partial charge >= 0.3 is 18.0 Å². The van der Waals surface area contributed by atoms with Crippen LogP contribution in [0.4, 0.5) is 4.79 Å². The van der Waals surface area contributed by atoms with Crippen LogP contribution in [-0.4, -0.2) is 89.9 Å². The number of amides is 2. The quantitative estimate of drug-likeness (QED) is 0.408. The van der Waals surface area contributed by atoms with Crippen LogP contribution in [-0.2, 0) is 16.0 Å². The summed E-state index contributed by atoms with van der Waals surface area (Å²) < 4.78 is 5.56. The van der Waals surface area contributed by atoms with E-state index in [1.54, 1.807) is 34.1 Å². The molecule has 5 N–H and O–H groups in total. The van der Waals surface area contributed by atoms with Crippen LogP contribution in [0, 0.1) is 0 Å². The maximum absolute atomic E-state index is 12.1. The number of hydrogen-bond acceptors (Lipinski definition) is 6. The van der Waals surface area contributed by atoms with Crippen LogP contribution in [0.3, 0.4) is 0 Å². The number of nitrogens with one attached hydrogen (secondary N) is 1. The lowest BCUT2D eigenvalue weighted by Gasteiger charge is -2.33. The van der Waals surface area contributed by atoms with Gasteiger partial charge in [-0.3, -0.25) is 14.5 Å². The number of carboxylic acids is 2. The molecule has 154 valence electrons. The number of rotatable bonds is 9. The number of urea groups is 1. The Labute approximate surface area is 162 Å². The lowest BCUT2D eigenvalue weighted by atomic mass is 10.1. The van der Waals surface area contributed by atoms with Crippen LogP contribution in [0.15, 0.2) is 24.3 Å². The average molecular weight is 394 g/mol. The van der Waals surface area contributed by atoms with E-state index >= 15 is 0 Å². The predicted octanol–water partition coefficient (Wildman–Crippen LogP) is -0.568. The molecule has 0 aliphatic carbocycles. The van der Waals surface area contributed by atoms with Crippen LogP contribution in [0.25, 0.3) is 0 Å². The first-order valence-corrected chi connectivity index (χ1v) is 9.02. The Bertz CT molecular complexity index is 673. The van der Waals surface area contributed by atoms with E-state index in [1.165, 1.54) is 0 Å². The maximum Gasteiger partial charge on any atom is 0.320 e. The molecule has 1 aromatic rings. The van der Waals surface area contributed by atoms with E-state index in [4.69, 9.17) is 20.7 Å². The van der Waals surface area contributed by atoms with Gasteiger partial charge in [-0.05, 0) is 24.1 Å². The molecule has 2 rings (SSSR count). The molecule has 0 aromatic heterocycles. The number of carboxylic acid groups (broad SMARTS) is 2. The SMILES string of the molecule is NC(Cc1ccc(OCCNC(=O)N2CCN(CC(=O)O)CC2)cc1)C(=O)O. The van der Waals surface area contributed by atoms with Crippen molar-refractivity contribution >= 4 is 18.0 Å². The summed E-state index contributed by atoms with van der Waals surface area (Å²) >= 11 is 0. The number of carbonyl (C=O) groups excluding carboxylic acids is 1. The summed E-state index contributed by atoms with van der Waals surface area (Å²) in [7, 11) is 0. The summed E-state index contributed by atoms with van der Waals surface area (Å²) in [5.41, 5.74) is 6.30. The zero-order chi connectivity index (χ0) is 20.5. The summed E-state index contributed by atoms with van der Waals surface area (Å²) in [6.45, 7) is 2.66. The first kappa shape index (κ1) is 21.5. The smallest absolute Gasteiger partial charge is 0.320 e. The highest BCUT2D eigenvalue weighted by Gasteiger charge is 2.21. The zero-order valence-corrected chi connectivity index (χ0v) is 15.5.